The zero-order chi connectivity index (χ0) is 19.2. The third-order valence-electron chi connectivity index (χ3n) is 4.86. The molecular formula is C20H24N4OS2. The van der Waals surface area contributed by atoms with E-state index in [-0.39, 0.29) is 17.5 Å². The number of carbonyl (C=O) groups is 1. The minimum absolute atomic E-state index is 0.0176. The number of thiazole rings is 1. The number of aryl methyl sites for hydroxylation is 1. The molecule has 3 heterocycles. The molecule has 5 nitrogen and oxygen atoms in total. The first-order valence-electron chi connectivity index (χ1n) is 9.24. The number of hydrogen-bond acceptors (Lipinski definition) is 5. The van der Waals surface area contributed by atoms with E-state index in [1.165, 1.54) is 17.0 Å². The molecule has 1 N–H and O–H groups in total. The van der Waals surface area contributed by atoms with Gasteiger partial charge in [0.05, 0.1) is 28.3 Å². The lowest BCUT2D eigenvalue weighted by Gasteiger charge is -2.28. The summed E-state index contributed by atoms with van der Waals surface area (Å²) in [6, 6.07) is 4.07. The highest BCUT2D eigenvalue weighted by atomic mass is 32.1. The van der Waals surface area contributed by atoms with Gasteiger partial charge in [0.15, 0.2) is 0 Å². The Kier molecular flexibility index (Phi) is 4.68. The topological polar surface area (TPSA) is 59.8 Å². The van der Waals surface area contributed by atoms with Gasteiger partial charge in [0.1, 0.15) is 9.88 Å². The summed E-state index contributed by atoms with van der Waals surface area (Å²) in [4.78, 5) is 19.4. The molecule has 0 unspecified atom stereocenters. The number of hydrogen-bond donors (Lipinski definition) is 1. The lowest BCUT2D eigenvalue weighted by molar-refractivity contribution is 0.0936. The van der Waals surface area contributed by atoms with Crippen molar-refractivity contribution in [2.45, 2.75) is 58.5 Å². The van der Waals surface area contributed by atoms with Crippen LogP contribution in [0.3, 0.4) is 0 Å². The van der Waals surface area contributed by atoms with E-state index in [9.17, 15) is 4.79 Å². The van der Waals surface area contributed by atoms with Crippen molar-refractivity contribution in [3.05, 3.63) is 45.5 Å². The van der Waals surface area contributed by atoms with Gasteiger partial charge < -0.3 is 5.32 Å². The number of nitrogens with one attached hydrogen (secondary N) is 1. The summed E-state index contributed by atoms with van der Waals surface area (Å²) in [5.41, 5.74) is 3.15. The van der Waals surface area contributed by atoms with Crippen LogP contribution in [0.15, 0.2) is 23.7 Å². The number of carbonyl (C=O) groups excluding carboxylic acids is 1. The first-order chi connectivity index (χ1) is 12.8. The largest absolute Gasteiger partial charge is 0.344 e. The molecule has 142 valence electrons. The monoisotopic (exact) mass is 400 g/mol. The van der Waals surface area contributed by atoms with Gasteiger partial charge in [-0.2, -0.15) is 5.10 Å². The fraction of sp³-hybridized carbons (Fsp3) is 0.450. The van der Waals surface area contributed by atoms with Gasteiger partial charge in [0.25, 0.3) is 5.91 Å². The molecule has 3 aromatic heterocycles. The summed E-state index contributed by atoms with van der Waals surface area (Å²) in [6.45, 7) is 8.40. The van der Waals surface area contributed by atoms with Crippen molar-refractivity contribution in [1.29, 1.82) is 0 Å². The highest BCUT2D eigenvalue weighted by Gasteiger charge is 2.30. The molecule has 0 saturated carbocycles. The molecule has 1 atom stereocenters. The number of rotatable bonds is 3. The summed E-state index contributed by atoms with van der Waals surface area (Å²) < 4.78 is 2.10. The summed E-state index contributed by atoms with van der Waals surface area (Å²) in [6.07, 6.45) is 4.95. The van der Waals surface area contributed by atoms with Crippen LogP contribution in [-0.2, 0) is 12.0 Å². The van der Waals surface area contributed by atoms with Crippen LogP contribution in [-0.4, -0.2) is 20.7 Å². The molecule has 0 aromatic carbocycles. The first-order valence-corrected chi connectivity index (χ1v) is 10.9. The summed E-state index contributed by atoms with van der Waals surface area (Å²) in [5.74, 6) is -0.0332. The van der Waals surface area contributed by atoms with Crippen LogP contribution >= 0.6 is 22.7 Å². The number of thiophene rings is 1. The van der Waals surface area contributed by atoms with Crippen molar-refractivity contribution in [2.75, 3.05) is 0 Å². The lowest BCUT2D eigenvalue weighted by atomic mass is 9.92. The highest BCUT2D eigenvalue weighted by molar-refractivity contribution is 7.22. The van der Waals surface area contributed by atoms with E-state index in [4.69, 9.17) is 0 Å². The average molecular weight is 401 g/mol. The molecule has 27 heavy (non-hydrogen) atoms. The van der Waals surface area contributed by atoms with E-state index < -0.39 is 0 Å². The molecule has 7 heteroatoms. The van der Waals surface area contributed by atoms with Crippen molar-refractivity contribution in [2.24, 2.45) is 0 Å². The second-order valence-corrected chi connectivity index (χ2v) is 9.91. The molecule has 1 aliphatic rings. The fourth-order valence-corrected chi connectivity index (χ4v) is 5.39. The van der Waals surface area contributed by atoms with E-state index in [0.717, 1.165) is 40.4 Å². The number of aromatic nitrogens is 3. The van der Waals surface area contributed by atoms with Crippen LogP contribution in [0, 0.1) is 6.92 Å². The van der Waals surface area contributed by atoms with E-state index in [1.54, 1.807) is 11.3 Å². The Bertz CT molecular complexity index is 963. The van der Waals surface area contributed by atoms with Gasteiger partial charge in [-0.3, -0.25) is 9.48 Å². The first kappa shape index (κ1) is 18.4. The lowest BCUT2D eigenvalue weighted by Crippen LogP contribution is -2.32. The number of nitrogens with zero attached hydrogens (tertiary/aromatic N) is 3. The van der Waals surface area contributed by atoms with Crippen molar-refractivity contribution in [1.82, 2.24) is 20.1 Å². The van der Waals surface area contributed by atoms with Crippen molar-refractivity contribution >= 4 is 28.6 Å². The molecule has 0 aliphatic heterocycles. The summed E-state index contributed by atoms with van der Waals surface area (Å²) in [7, 11) is 0. The predicted octanol–water partition coefficient (Wildman–Crippen LogP) is 4.94. The molecule has 3 aromatic rings. The maximum absolute atomic E-state index is 13.0. The molecule has 1 amide bonds. The van der Waals surface area contributed by atoms with Gasteiger partial charge in [0, 0.05) is 11.3 Å². The molecule has 0 radical (unpaired) electrons. The molecule has 0 spiro atoms. The molecule has 4 rings (SSSR count). The molecule has 0 saturated heterocycles. The van der Waals surface area contributed by atoms with Gasteiger partial charge in [-0.05, 0) is 58.4 Å². The third-order valence-corrected chi connectivity index (χ3v) is 7.05. The van der Waals surface area contributed by atoms with Crippen LogP contribution in [0.5, 0.6) is 0 Å². The Labute approximate surface area is 167 Å². The van der Waals surface area contributed by atoms with Crippen molar-refractivity contribution in [3.63, 3.8) is 0 Å². The summed E-state index contributed by atoms with van der Waals surface area (Å²) in [5, 5.41) is 10.8. The van der Waals surface area contributed by atoms with Gasteiger partial charge >= 0.3 is 0 Å². The molecule has 0 bridgehead atoms. The standard InChI is InChI=1S/C20H24N4OS2/c1-12-17(27-19(22-12)16-9-6-10-26-16)18(25)23-14-7-5-8-15-13(14)11-21-24(15)20(2,3)4/h6,9-11,14H,5,7-8H2,1-4H3,(H,23,25)/t14-/m0/s1. The fourth-order valence-electron chi connectivity index (χ4n) is 3.62. The van der Waals surface area contributed by atoms with Gasteiger partial charge in [-0.1, -0.05) is 6.07 Å². The van der Waals surface area contributed by atoms with Crippen LogP contribution in [0.1, 0.15) is 66.3 Å². The summed E-state index contributed by atoms with van der Waals surface area (Å²) >= 11 is 3.12. The van der Waals surface area contributed by atoms with Gasteiger partial charge in [-0.15, -0.1) is 22.7 Å². The van der Waals surface area contributed by atoms with Crippen molar-refractivity contribution < 1.29 is 4.79 Å². The zero-order valence-electron chi connectivity index (χ0n) is 16.1. The van der Waals surface area contributed by atoms with Crippen LogP contribution in [0.25, 0.3) is 9.88 Å². The average Bonchev–Trinajstić information content (AvgIpc) is 3.33. The molecule has 0 fully saturated rings. The minimum atomic E-state index is -0.0522. The maximum Gasteiger partial charge on any atom is 0.263 e. The Balaban J connectivity index is 1.58. The second kappa shape index (κ2) is 6.87. The van der Waals surface area contributed by atoms with Crippen LogP contribution in [0.2, 0.25) is 0 Å². The van der Waals surface area contributed by atoms with Crippen LogP contribution in [0.4, 0.5) is 0 Å². The van der Waals surface area contributed by atoms with E-state index in [1.807, 2.05) is 30.6 Å². The van der Waals surface area contributed by atoms with Gasteiger partial charge in [-0.25, -0.2) is 4.98 Å². The van der Waals surface area contributed by atoms with E-state index >= 15 is 0 Å². The Hall–Kier alpha value is -1.99. The quantitative estimate of drug-likeness (QED) is 0.677. The molecular weight excluding hydrogens is 376 g/mol. The number of fused-ring (bicyclic) bond motifs is 1. The third kappa shape index (κ3) is 3.46. The smallest absolute Gasteiger partial charge is 0.263 e. The van der Waals surface area contributed by atoms with E-state index in [0.29, 0.717) is 4.88 Å². The molecule has 1 aliphatic carbocycles. The van der Waals surface area contributed by atoms with Crippen LogP contribution < -0.4 is 5.32 Å². The maximum atomic E-state index is 13.0. The second-order valence-electron chi connectivity index (χ2n) is 7.96. The normalized spacial score (nSPS) is 17.0. The predicted molar refractivity (Wildman–Crippen MR) is 111 cm³/mol. The zero-order valence-corrected chi connectivity index (χ0v) is 17.7. The Morgan fingerprint density at radius 3 is 2.89 bits per heavy atom. The van der Waals surface area contributed by atoms with Gasteiger partial charge in [0.2, 0.25) is 0 Å². The number of amides is 1. The van der Waals surface area contributed by atoms with Crippen molar-refractivity contribution in [3.8, 4) is 9.88 Å². The Morgan fingerprint density at radius 2 is 2.19 bits per heavy atom. The highest BCUT2D eigenvalue weighted by Crippen LogP contribution is 2.34. The Morgan fingerprint density at radius 1 is 1.37 bits per heavy atom. The SMILES string of the molecule is Cc1nc(-c2cccs2)sc1C(=O)N[C@H]1CCCc2c1cnn2C(C)(C)C. The minimum Gasteiger partial charge on any atom is -0.344 e. The van der Waals surface area contributed by atoms with E-state index in [2.05, 4.69) is 40.9 Å².